The largest absolute Gasteiger partial charge is 0.494 e. The molecule has 0 N–H and O–H groups in total. The number of ether oxygens (including phenoxy) is 2. The van der Waals surface area contributed by atoms with Gasteiger partial charge in [0.15, 0.2) is 6.10 Å². The molecule has 3 aliphatic rings. The Morgan fingerprint density at radius 2 is 1.96 bits per heavy atom. The highest BCUT2D eigenvalue weighted by atomic mass is 16.6. The Balaban J connectivity index is 1.44. The fourth-order valence-electron chi connectivity index (χ4n) is 3.64. The summed E-state index contributed by atoms with van der Waals surface area (Å²) >= 11 is 0. The van der Waals surface area contributed by atoms with E-state index in [2.05, 4.69) is 18.7 Å². The second-order valence-electron chi connectivity index (χ2n) is 7.39. The molecule has 23 heavy (non-hydrogen) atoms. The summed E-state index contributed by atoms with van der Waals surface area (Å²) in [4.78, 5) is 16.2. The first-order valence-electron chi connectivity index (χ1n) is 9.11. The molecule has 0 bridgehead atoms. The van der Waals surface area contributed by atoms with Gasteiger partial charge < -0.3 is 9.47 Å². The van der Waals surface area contributed by atoms with Crippen LogP contribution in [-0.4, -0.2) is 54.9 Å². The summed E-state index contributed by atoms with van der Waals surface area (Å²) in [6.45, 7) is 8.46. The maximum absolute atomic E-state index is 12.0. The second kappa shape index (κ2) is 7.56. The van der Waals surface area contributed by atoms with Gasteiger partial charge in [0.2, 0.25) is 0 Å². The summed E-state index contributed by atoms with van der Waals surface area (Å²) in [6.07, 6.45) is 6.77. The summed E-state index contributed by atoms with van der Waals surface area (Å²) in [5, 5.41) is 0. The predicted octanol–water partition coefficient (Wildman–Crippen LogP) is 3.36. The minimum atomic E-state index is -0.188. The number of amides is 1. The average Bonchev–Trinajstić information content (AvgIpc) is 2.89. The maximum atomic E-state index is 12.0. The topological polar surface area (TPSA) is 42.0 Å². The Hall–Kier alpha value is -1.23. The van der Waals surface area contributed by atoms with Crippen molar-refractivity contribution in [2.24, 2.45) is 5.92 Å². The minimum Gasteiger partial charge on any atom is -0.494 e. The van der Waals surface area contributed by atoms with Gasteiger partial charge in [-0.15, -0.1) is 0 Å². The zero-order valence-electron chi connectivity index (χ0n) is 14.6. The van der Waals surface area contributed by atoms with Crippen LogP contribution in [0.3, 0.4) is 0 Å². The number of hydrogen-bond donors (Lipinski definition) is 0. The van der Waals surface area contributed by atoms with Crippen molar-refractivity contribution in [3.05, 3.63) is 11.3 Å². The molecule has 5 nitrogen and oxygen atoms in total. The lowest BCUT2D eigenvalue weighted by Crippen LogP contribution is -2.42. The van der Waals surface area contributed by atoms with E-state index in [0.29, 0.717) is 19.8 Å². The van der Waals surface area contributed by atoms with E-state index in [1.807, 2.05) is 4.90 Å². The predicted molar refractivity (Wildman–Crippen MR) is 88.9 cm³/mol. The van der Waals surface area contributed by atoms with E-state index in [-0.39, 0.29) is 12.2 Å². The van der Waals surface area contributed by atoms with Crippen molar-refractivity contribution in [1.82, 2.24) is 9.80 Å². The number of likely N-dealkylation sites (tertiary alicyclic amines) is 1. The molecule has 2 saturated heterocycles. The quantitative estimate of drug-likeness (QED) is 0.778. The molecule has 0 radical (unpaired) electrons. The second-order valence-corrected chi connectivity index (χ2v) is 7.39. The molecule has 2 heterocycles. The van der Waals surface area contributed by atoms with Gasteiger partial charge in [-0.2, -0.15) is 0 Å². The molecule has 2 fully saturated rings. The lowest BCUT2D eigenvalue weighted by Gasteiger charge is -2.32. The first-order valence-corrected chi connectivity index (χ1v) is 9.11. The van der Waals surface area contributed by atoms with Crippen LogP contribution in [0.4, 0.5) is 4.79 Å². The van der Waals surface area contributed by atoms with Crippen LogP contribution in [0.25, 0.3) is 0 Å². The summed E-state index contributed by atoms with van der Waals surface area (Å²) < 4.78 is 11.4. The number of cyclic esters (lactones) is 1. The fourth-order valence-corrected chi connectivity index (χ4v) is 3.64. The number of carbonyl (C=O) groups excluding carboxylic acids is 1. The average molecular weight is 322 g/mol. The van der Waals surface area contributed by atoms with Gasteiger partial charge in [-0.3, -0.25) is 9.80 Å². The van der Waals surface area contributed by atoms with Gasteiger partial charge in [-0.25, -0.2) is 4.79 Å². The maximum Gasteiger partial charge on any atom is 0.411 e. The number of nitrogens with zero attached hydrogens (tertiary/aromatic N) is 2. The van der Waals surface area contributed by atoms with Crippen molar-refractivity contribution in [3.63, 3.8) is 0 Å². The Morgan fingerprint density at radius 3 is 2.70 bits per heavy atom. The van der Waals surface area contributed by atoms with Crippen molar-refractivity contribution >= 4 is 6.09 Å². The molecule has 1 atom stereocenters. The number of piperidine rings is 1. The molecule has 3 rings (SSSR count). The third kappa shape index (κ3) is 4.40. The summed E-state index contributed by atoms with van der Waals surface area (Å²) in [7, 11) is 0. The highest BCUT2D eigenvalue weighted by molar-refractivity contribution is 5.69. The highest BCUT2D eigenvalue weighted by Gasteiger charge is 2.33. The molecule has 1 amide bonds. The molecule has 0 aromatic rings. The van der Waals surface area contributed by atoms with Gasteiger partial charge in [0.05, 0.1) is 19.0 Å². The third-order valence-electron chi connectivity index (χ3n) is 5.32. The molecule has 1 unspecified atom stereocenters. The van der Waals surface area contributed by atoms with Crippen molar-refractivity contribution in [1.29, 1.82) is 0 Å². The van der Waals surface area contributed by atoms with Crippen LogP contribution in [0.1, 0.15) is 52.4 Å². The first kappa shape index (κ1) is 16.6. The van der Waals surface area contributed by atoms with Crippen molar-refractivity contribution in [2.45, 2.75) is 58.5 Å². The Bertz CT molecular complexity index is 455. The number of hydrogen-bond acceptors (Lipinski definition) is 4. The van der Waals surface area contributed by atoms with Gasteiger partial charge in [0.25, 0.3) is 0 Å². The van der Waals surface area contributed by atoms with E-state index < -0.39 is 0 Å². The molecule has 0 spiro atoms. The van der Waals surface area contributed by atoms with E-state index >= 15 is 0 Å². The lowest BCUT2D eigenvalue weighted by atomic mass is 9.99. The van der Waals surface area contributed by atoms with E-state index in [1.165, 1.54) is 31.3 Å². The van der Waals surface area contributed by atoms with Crippen LogP contribution >= 0.6 is 0 Å². The van der Waals surface area contributed by atoms with Crippen LogP contribution in [0.5, 0.6) is 0 Å². The molecular formula is C18H30N2O3. The van der Waals surface area contributed by atoms with Gasteiger partial charge in [-0.05, 0) is 50.5 Å². The first-order chi connectivity index (χ1) is 11.1. The fraction of sp³-hybridized carbons (Fsp3) is 0.833. The van der Waals surface area contributed by atoms with E-state index in [0.717, 1.165) is 37.6 Å². The number of allylic oxidation sites excluding steroid dienone is 2. The van der Waals surface area contributed by atoms with Gasteiger partial charge in [0, 0.05) is 19.5 Å². The van der Waals surface area contributed by atoms with Gasteiger partial charge >= 0.3 is 6.09 Å². The molecule has 2 aliphatic heterocycles. The molecule has 0 aromatic carbocycles. The SMILES string of the molecule is CC1=C(OCC2CN(CN3CCC(C)CC3)C(=O)O2)CCCC1. The molecule has 5 heteroatoms. The van der Waals surface area contributed by atoms with Gasteiger partial charge in [-0.1, -0.05) is 6.92 Å². The normalized spacial score (nSPS) is 27.5. The zero-order valence-corrected chi connectivity index (χ0v) is 14.6. The Morgan fingerprint density at radius 1 is 1.22 bits per heavy atom. The standard InChI is InChI=1S/C18H30N2O3/c1-14-7-9-19(10-8-14)13-20-11-16(23-18(20)21)12-22-17-6-4-3-5-15(17)2/h14,16H,3-13H2,1-2H3. The molecule has 1 aliphatic carbocycles. The number of rotatable bonds is 5. The monoisotopic (exact) mass is 322 g/mol. The Kier molecular flexibility index (Phi) is 5.46. The van der Waals surface area contributed by atoms with E-state index in [9.17, 15) is 4.79 Å². The smallest absolute Gasteiger partial charge is 0.411 e. The van der Waals surface area contributed by atoms with Crippen LogP contribution < -0.4 is 0 Å². The van der Waals surface area contributed by atoms with E-state index in [1.54, 1.807) is 0 Å². The molecular weight excluding hydrogens is 292 g/mol. The molecule has 0 saturated carbocycles. The van der Waals surface area contributed by atoms with Crippen LogP contribution in [-0.2, 0) is 9.47 Å². The van der Waals surface area contributed by atoms with Crippen molar-refractivity contribution < 1.29 is 14.3 Å². The molecule has 0 aromatic heterocycles. The van der Waals surface area contributed by atoms with Crippen molar-refractivity contribution in [3.8, 4) is 0 Å². The van der Waals surface area contributed by atoms with Crippen LogP contribution in [0, 0.1) is 5.92 Å². The minimum absolute atomic E-state index is 0.131. The lowest BCUT2D eigenvalue weighted by molar-refractivity contribution is 0.0712. The van der Waals surface area contributed by atoms with Crippen LogP contribution in [0.2, 0.25) is 0 Å². The summed E-state index contributed by atoms with van der Waals surface area (Å²) in [5.74, 6) is 1.93. The summed E-state index contributed by atoms with van der Waals surface area (Å²) in [6, 6.07) is 0. The summed E-state index contributed by atoms with van der Waals surface area (Å²) in [5.41, 5.74) is 1.36. The van der Waals surface area contributed by atoms with E-state index in [4.69, 9.17) is 9.47 Å². The third-order valence-corrected chi connectivity index (χ3v) is 5.32. The van der Waals surface area contributed by atoms with Crippen LogP contribution in [0.15, 0.2) is 11.3 Å². The van der Waals surface area contributed by atoms with Gasteiger partial charge in [0.1, 0.15) is 6.61 Å². The zero-order chi connectivity index (χ0) is 16.2. The van der Waals surface area contributed by atoms with Crippen molar-refractivity contribution in [2.75, 3.05) is 32.9 Å². The molecule has 130 valence electrons. The highest BCUT2D eigenvalue weighted by Crippen LogP contribution is 2.26. The Labute approximate surface area is 139 Å². The number of carbonyl (C=O) groups is 1.